The highest BCUT2D eigenvalue weighted by atomic mass is 19.4. The summed E-state index contributed by atoms with van der Waals surface area (Å²) in [5.74, 6) is -3.43. The molecule has 0 amide bonds. The average Bonchev–Trinajstić information content (AvgIpc) is 2.32. The SMILES string of the molecule is CCCNC(c1ccccc1)C(C(F)(F)F)C(F)(F)F. The summed E-state index contributed by atoms with van der Waals surface area (Å²) in [6.45, 7) is 1.74. The lowest BCUT2D eigenvalue weighted by Gasteiger charge is -2.31. The van der Waals surface area contributed by atoms with Crippen LogP contribution in [0.1, 0.15) is 24.9 Å². The molecule has 1 rings (SSSR count). The van der Waals surface area contributed by atoms with E-state index in [-0.39, 0.29) is 12.1 Å². The Hall–Kier alpha value is -1.24. The molecule has 0 aliphatic heterocycles. The predicted octanol–water partition coefficient (Wildman–Crippen LogP) is 4.47. The van der Waals surface area contributed by atoms with Crippen LogP contribution in [0.3, 0.4) is 0 Å². The van der Waals surface area contributed by atoms with E-state index < -0.39 is 24.3 Å². The smallest absolute Gasteiger partial charge is 0.309 e. The highest BCUT2D eigenvalue weighted by Gasteiger charge is 2.60. The first-order chi connectivity index (χ1) is 9.18. The fourth-order valence-electron chi connectivity index (χ4n) is 1.95. The minimum atomic E-state index is -5.36. The second-order valence-corrected chi connectivity index (χ2v) is 4.40. The van der Waals surface area contributed by atoms with Crippen LogP contribution in [-0.2, 0) is 0 Å². The summed E-state index contributed by atoms with van der Waals surface area (Å²) in [7, 11) is 0. The summed E-state index contributed by atoms with van der Waals surface area (Å²) in [4.78, 5) is 0. The van der Waals surface area contributed by atoms with Gasteiger partial charge < -0.3 is 5.32 Å². The molecular formula is C13H15F6N. The normalized spacial score (nSPS) is 14.6. The minimum Gasteiger partial charge on any atom is -0.309 e. The minimum absolute atomic E-state index is 0.0272. The maximum Gasteiger partial charge on any atom is 0.402 e. The largest absolute Gasteiger partial charge is 0.402 e. The van der Waals surface area contributed by atoms with Crippen LogP contribution >= 0.6 is 0 Å². The van der Waals surface area contributed by atoms with E-state index >= 15 is 0 Å². The summed E-state index contributed by atoms with van der Waals surface area (Å²) in [6.07, 6.45) is -10.3. The van der Waals surface area contributed by atoms with Crippen molar-refractivity contribution in [3.05, 3.63) is 35.9 Å². The van der Waals surface area contributed by atoms with Gasteiger partial charge in [0.1, 0.15) is 0 Å². The number of benzene rings is 1. The first kappa shape index (κ1) is 16.8. The summed E-state index contributed by atoms with van der Waals surface area (Å²) >= 11 is 0. The molecule has 0 aromatic heterocycles. The molecule has 114 valence electrons. The number of nitrogens with one attached hydrogen (secondary N) is 1. The number of hydrogen-bond acceptors (Lipinski definition) is 1. The van der Waals surface area contributed by atoms with Crippen LogP contribution < -0.4 is 5.32 Å². The molecule has 1 aromatic carbocycles. The Morgan fingerprint density at radius 2 is 1.45 bits per heavy atom. The fourth-order valence-corrected chi connectivity index (χ4v) is 1.95. The second kappa shape index (κ2) is 6.47. The van der Waals surface area contributed by atoms with E-state index in [0.717, 1.165) is 0 Å². The maximum absolute atomic E-state index is 12.8. The third-order valence-corrected chi connectivity index (χ3v) is 2.81. The Morgan fingerprint density at radius 1 is 0.950 bits per heavy atom. The monoisotopic (exact) mass is 299 g/mol. The lowest BCUT2D eigenvalue weighted by Crippen LogP contribution is -2.46. The molecule has 0 aliphatic rings. The van der Waals surface area contributed by atoms with Gasteiger partial charge in [0.25, 0.3) is 0 Å². The van der Waals surface area contributed by atoms with Crippen LogP contribution in [0.4, 0.5) is 26.3 Å². The Labute approximate surface area is 113 Å². The number of halogens is 6. The number of hydrogen-bond donors (Lipinski definition) is 1. The Bertz CT molecular complexity index is 384. The van der Waals surface area contributed by atoms with E-state index in [1.54, 1.807) is 6.92 Å². The van der Waals surface area contributed by atoms with Crippen molar-refractivity contribution in [2.24, 2.45) is 5.92 Å². The van der Waals surface area contributed by atoms with Crippen molar-refractivity contribution in [2.75, 3.05) is 6.54 Å². The van der Waals surface area contributed by atoms with Crippen LogP contribution in [0.2, 0.25) is 0 Å². The van der Waals surface area contributed by atoms with E-state index in [2.05, 4.69) is 5.32 Å². The van der Waals surface area contributed by atoms with E-state index in [9.17, 15) is 26.3 Å². The molecule has 1 nitrogen and oxygen atoms in total. The molecule has 0 bridgehead atoms. The lowest BCUT2D eigenvalue weighted by atomic mass is 9.91. The van der Waals surface area contributed by atoms with Crippen molar-refractivity contribution in [1.82, 2.24) is 5.32 Å². The molecule has 1 aromatic rings. The molecule has 0 saturated heterocycles. The van der Waals surface area contributed by atoms with Gasteiger partial charge in [-0.2, -0.15) is 26.3 Å². The van der Waals surface area contributed by atoms with Gasteiger partial charge in [0.05, 0.1) is 6.04 Å². The Morgan fingerprint density at radius 3 is 1.85 bits per heavy atom. The van der Waals surface area contributed by atoms with E-state index in [1.807, 2.05) is 0 Å². The molecule has 20 heavy (non-hydrogen) atoms. The van der Waals surface area contributed by atoms with Gasteiger partial charge in [-0.15, -0.1) is 0 Å². The fraction of sp³-hybridized carbons (Fsp3) is 0.538. The lowest BCUT2D eigenvalue weighted by molar-refractivity contribution is -0.292. The van der Waals surface area contributed by atoms with Crippen LogP contribution in [0.15, 0.2) is 30.3 Å². The molecule has 0 radical (unpaired) electrons. The zero-order valence-electron chi connectivity index (χ0n) is 10.7. The van der Waals surface area contributed by atoms with Crippen molar-refractivity contribution in [3.8, 4) is 0 Å². The van der Waals surface area contributed by atoms with Crippen LogP contribution in [0.25, 0.3) is 0 Å². The molecule has 0 saturated carbocycles. The molecule has 7 heteroatoms. The van der Waals surface area contributed by atoms with Crippen LogP contribution in [0.5, 0.6) is 0 Å². The zero-order valence-corrected chi connectivity index (χ0v) is 10.7. The van der Waals surface area contributed by atoms with Crippen molar-refractivity contribution in [1.29, 1.82) is 0 Å². The van der Waals surface area contributed by atoms with Crippen molar-refractivity contribution < 1.29 is 26.3 Å². The van der Waals surface area contributed by atoms with Crippen molar-refractivity contribution >= 4 is 0 Å². The second-order valence-electron chi connectivity index (χ2n) is 4.40. The first-order valence-corrected chi connectivity index (χ1v) is 6.09. The maximum atomic E-state index is 12.8. The van der Waals surface area contributed by atoms with Gasteiger partial charge in [0, 0.05) is 0 Å². The molecular weight excluding hydrogens is 284 g/mol. The highest BCUT2D eigenvalue weighted by Crippen LogP contribution is 2.46. The molecule has 0 aliphatic carbocycles. The van der Waals surface area contributed by atoms with Crippen LogP contribution in [0, 0.1) is 5.92 Å². The molecule has 0 fully saturated rings. The van der Waals surface area contributed by atoms with Crippen LogP contribution in [-0.4, -0.2) is 18.9 Å². The number of alkyl halides is 6. The molecule has 1 N–H and O–H groups in total. The van der Waals surface area contributed by atoms with Gasteiger partial charge in [-0.1, -0.05) is 37.3 Å². The highest BCUT2D eigenvalue weighted by molar-refractivity contribution is 5.20. The van der Waals surface area contributed by atoms with Gasteiger partial charge in [-0.05, 0) is 18.5 Å². The Kier molecular flexibility index (Phi) is 5.44. The molecule has 0 heterocycles. The predicted molar refractivity (Wildman–Crippen MR) is 63.1 cm³/mol. The standard InChI is InChI=1S/C13H15F6N/c1-2-8-20-10(9-6-4-3-5-7-9)11(12(14,15)16)13(17,18)19/h3-7,10-11,20H,2,8H2,1H3. The van der Waals surface area contributed by atoms with E-state index in [1.165, 1.54) is 30.3 Å². The first-order valence-electron chi connectivity index (χ1n) is 6.09. The number of rotatable bonds is 5. The van der Waals surface area contributed by atoms with Crippen molar-refractivity contribution in [2.45, 2.75) is 31.7 Å². The Balaban J connectivity index is 3.19. The van der Waals surface area contributed by atoms with Gasteiger partial charge in [-0.25, -0.2) is 0 Å². The molecule has 0 spiro atoms. The van der Waals surface area contributed by atoms with E-state index in [4.69, 9.17) is 0 Å². The van der Waals surface area contributed by atoms with Gasteiger partial charge >= 0.3 is 12.4 Å². The summed E-state index contributed by atoms with van der Waals surface area (Å²) in [5.41, 5.74) is -0.0272. The van der Waals surface area contributed by atoms with Crippen molar-refractivity contribution in [3.63, 3.8) is 0 Å². The topological polar surface area (TPSA) is 12.0 Å². The average molecular weight is 299 g/mol. The summed E-state index contributed by atoms with van der Waals surface area (Å²) in [5, 5.41) is 2.36. The third-order valence-electron chi connectivity index (χ3n) is 2.81. The summed E-state index contributed by atoms with van der Waals surface area (Å²) in [6, 6.07) is 5.06. The zero-order chi connectivity index (χ0) is 15.4. The van der Waals surface area contributed by atoms with Gasteiger partial charge in [0.15, 0.2) is 5.92 Å². The third kappa shape index (κ3) is 4.40. The van der Waals surface area contributed by atoms with Gasteiger partial charge in [0.2, 0.25) is 0 Å². The van der Waals surface area contributed by atoms with E-state index in [0.29, 0.717) is 6.42 Å². The van der Waals surface area contributed by atoms with Gasteiger partial charge in [-0.3, -0.25) is 0 Å². The quantitative estimate of drug-likeness (QED) is 0.791. The molecule has 1 atom stereocenters. The summed E-state index contributed by atoms with van der Waals surface area (Å²) < 4.78 is 76.9. The molecule has 1 unspecified atom stereocenters.